The minimum absolute atomic E-state index is 0.225. The Labute approximate surface area is 156 Å². The van der Waals surface area contributed by atoms with E-state index in [0.29, 0.717) is 36.2 Å². The van der Waals surface area contributed by atoms with Crippen molar-refractivity contribution in [1.29, 1.82) is 0 Å². The van der Waals surface area contributed by atoms with Crippen molar-refractivity contribution in [3.05, 3.63) is 65.7 Å². The van der Waals surface area contributed by atoms with Gasteiger partial charge in [-0.25, -0.2) is 0 Å². The van der Waals surface area contributed by atoms with Crippen LogP contribution in [0.25, 0.3) is 0 Å². The number of nitrogens with one attached hydrogen (secondary N) is 2. The number of hydrogen-bond donors (Lipinski definition) is 2. The zero-order chi connectivity index (χ0) is 18.6. The van der Waals surface area contributed by atoms with E-state index >= 15 is 0 Å². The number of benzene rings is 2. The maximum atomic E-state index is 12.2. The second kappa shape index (κ2) is 7.33. The first-order valence-electron chi connectivity index (χ1n) is 8.56. The fourth-order valence-corrected chi connectivity index (χ4v) is 2.63. The standard InChI is InChI=1S/C20H18N4O3/c1-13-2-4-14(5-3-13)20(25)22-19-9-8-18(23-24-19)21-15-6-7-16-17(12-15)27-11-10-26-16/h2-9,12H,10-11H2,1H3,(H,21,23)(H,22,24,25). The van der Waals surface area contributed by atoms with Crippen molar-refractivity contribution in [2.24, 2.45) is 0 Å². The molecule has 0 radical (unpaired) electrons. The Hall–Kier alpha value is -3.61. The van der Waals surface area contributed by atoms with Gasteiger partial charge in [-0.2, -0.15) is 0 Å². The number of nitrogens with zero attached hydrogens (tertiary/aromatic N) is 2. The fourth-order valence-electron chi connectivity index (χ4n) is 2.63. The molecule has 7 heteroatoms. The summed E-state index contributed by atoms with van der Waals surface area (Å²) in [6.45, 7) is 3.06. The number of carbonyl (C=O) groups excluding carboxylic acids is 1. The number of ether oxygens (including phenoxy) is 2. The van der Waals surface area contributed by atoms with Crippen molar-refractivity contribution in [1.82, 2.24) is 10.2 Å². The van der Waals surface area contributed by atoms with Gasteiger partial charge in [-0.05, 0) is 43.3 Å². The van der Waals surface area contributed by atoms with Crippen molar-refractivity contribution >= 4 is 23.2 Å². The molecular formula is C20H18N4O3. The summed E-state index contributed by atoms with van der Waals surface area (Å²) in [6, 6.07) is 16.3. The van der Waals surface area contributed by atoms with Crippen LogP contribution in [-0.4, -0.2) is 29.3 Å². The van der Waals surface area contributed by atoms with Crippen molar-refractivity contribution < 1.29 is 14.3 Å². The van der Waals surface area contributed by atoms with Gasteiger partial charge in [0, 0.05) is 17.3 Å². The molecule has 1 aliphatic rings. The van der Waals surface area contributed by atoms with E-state index in [9.17, 15) is 4.79 Å². The minimum Gasteiger partial charge on any atom is -0.486 e. The lowest BCUT2D eigenvalue weighted by molar-refractivity contribution is 0.102. The molecule has 3 aromatic rings. The maximum Gasteiger partial charge on any atom is 0.256 e. The summed E-state index contributed by atoms with van der Waals surface area (Å²) in [4.78, 5) is 12.2. The highest BCUT2D eigenvalue weighted by Gasteiger charge is 2.12. The van der Waals surface area contributed by atoms with Gasteiger partial charge in [0.1, 0.15) is 13.2 Å². The van der Waals surface area contributed by atoms with Gasteiger partial charge in [0.2, 0.25) is 0 Å². The Kier molecular flexibility index (Phi) is 4.57. The second-order valence-corrected chi connectivity index (χ2v) is 6.11. The Morgan fingerprint density at radius 3 is 2.33 bits per heavy atom. The normalized spacial score (nSPS) is 12.3. The number of fused-ring (bicyclic) bond motifs is 1. The van der Waals surface area contributed by atoms with Crippen LogP contribution in [0.2, 0.25) is 0 Å². The molecular weight excluding hydrogens is 344 g/mol. The third-order valence-corrected chi connectivity index (χ3v) is 4.03. The Balaban J connectivity index is 1.41. The van der Waals surface area contributed by atoms with Gasteiger partial charge in [0.15, 0.2) is 23.1 Å². The molecule has 0 unspecified atom stereocenters. The summed E-state index contributed by atoms with van der Waals surface area (Å²) in [6.07, 6.45) is 0. The van der Waals surface area contributed by atoms with E-state index in [1.54, 1.807) is 24.3 Å². The molecule has 1 aromatic heterocycles. The molecule has 2 aromatic carbocycles. The molecule has 2 N–H and O–H groups in total. The monoisotopic (exact) mass is 362 g/mol. The summed E-state index contributed by atoms with van der Waals surface area (Å²) < 4.78 is 11.1. The van der Waals surface area contributed by atoms with Gasteiger partial charge in [0.05, 0.1) is 0 Å². The Morgan fingerprint density at radius 2 is 1.59 bits per heavy atom. The van der Waals surface area contributed by atoms with E-state index in [-0.39, 0.29) is 5.91 Å². The molecule has 0 aliphatic carbocycles. The first kappa shape index (κ1) is 16.8. The number of carbonyl (C=O) groups is 1. The number of hydrogen-bond acceptors (Lipinski definition) is 6. The summed E-state index contributed by atoms with van der Waals surface area (Å²) in [5, 5.41) is 14.0. The van der Waals surface area contributed by atoms with E-state index in [4.69, 9.17) is 9.47 Å². The molecule has 0 fully saturated rings. The molecule has 136 valence electrons. The van der Waals surface area contributed by atoms with Crippen LogP contribution < -0.4 is 20.1 Å². The zero-order valence-corrected chi connectivity index (χ0v) is 14.7. The third-order valence-electron chi connectivity index (χ3n) is 4.03. The average molecular weight is 362 g/mol. The van der Waals surface area contributed by atoms with Gasteiger partial charge in [-0.15, -0.1) is 10.2 Å². The Morgan fingerprint density at radius 1 is 0.889 bits per heavy atom. The van der Waals surface area contributed by atoms with Gasteiger partial charge in [-0.3, -0.25) is 4.79 Å². The van der Waals surface area contributed by atoms with E-state index in [1.807, 2.05) is 37.3 Å². The van der Waals surface area contributed by atoms with Gasteiger partial charge in [-0.1, -0.05) is 17.7 Å². The number of aromatic nitrogens is 2. The number of anilines is 3. The first-order valence-corrected chi connectivity index (χ1v) is 8.56. The van der Waals surface area contributed by atoms with Gasteiger partial charge in [0.25, 0.3) is 5.91 Å². The molecule has 0 bridgehead atoms. The van der Waals surface area contributed by atoms with E-state index in [1.165, 1.54) is 0 Å². The number of rotatable bonds is 4. The van der Waals surface area contributed by atoms with Crippen LogP contribution in [0.3, 0.4) is 0 Å². The van der Waals surface area contributed by atoms with E-state index in [2.05, 4.69) is 20.8 Å². The van der Waals surface area contributed by atoms with Crippen molar-refractivity contribution in [3.63, 3.8) is 0 Å². The highest BCUT2D eigenvalue weighted by atomic mass is 16.6. The summed E-state index contributed by atoms with van der Waals surface area (Å²) in [7, 11) is 0. The lowest BCUT2D eigenvalue weighted by atomic mass is 10.1. The molecule has 2 heterocycles. The average Bonchev–Trinajstić information content (AvgIpc) is 2.70. The van der Waals surface area contributed by atoms with Crippen LogP contribution in [0.5, 0.6) is 11.5 Å². The van der Waals surface area contributed by atoms with Crippen LogP contribution in [0.4, 0.5) is 17.3 Å². The summed E-state index contributed by atoms with van der Waals surface area (Å²) in [5.74, 6) is 2.14. The van der Waals surface area contributed by atoms with Gasteiger partial charge < -0.3 is 20.1 Å². The molecule has 1 aliphatic heterocycles. The van der Waals surface area contributed by atoms with Crippen LogP contribution in [-0.2, 0) is 0 Å². The molecule has 0 atom stereocenters. The Bertz CT molecular complexity index is 956. The smallest absolute Gasteiger partial charge is 0.256 e. The predicted molar refractivity (Wildman–Crippen MR) is 102 cm³/mol. The first-order chi connectivity index (χ1) is 13.2. The maximum absolute atomic E-state index is 12.2. The van der Waals surface area contributed by atoms with Gasteiger partial charge >= 0.3 is 0 Å². The van der Waals surface area contributed by atoms with Crippen LogP contribution in [0.15, 0.2) is 54.6 Å². The fraction of sp³-hybridized carbons (Fsp3) is 0.150. The lowest BCUT2D eigenvalue weighted by Crippen LogP contribution is -2.15. The molecule has 0 spiro atoms. The predicted octanol–water partition coefficient (Wildman–Crippen LogP) is 3.55. The van der Waals surface area contributed by atoms with Crippen LogP contribution >= 0.6 is 0 Å². The van der Waals surface area contributed by atoms with Crippen molar-refractivity contribution in [2.75, 3.05) is 23.8 Å². The number of aryl methyl sites for hydroxylation is 1. The van der Waals surface area contributed by atoms with E-state index < -0.39 is 0 Å². The molecule has 0 saturated heterocycles. The van der Waals surface area contributed by atoms with Crippen molar-refractivity contribution in [2.45, 2.75) is 6.92 Å². The highest BCUT2D eigenvalue weighted by Crippen LogP contribution is 2.33. The van der Waals surface area contributed by atoms with E-state index in [0.717, 1.165) is 17.0 Å². The molecule has 27 heavy (non-hydrogen) atoms. The molecule has 7 nitrogen and oxygen atoms in total. The molecule has 1 amide bonds. The zero-order valence-electron chi connectivity index (χ0n) is 14.7. The number of amides is 1. The third kappa shape index (κ3) is 3.98. The second-order valence-electron chi connectivity index (χ2n) is 6.11. The SMILES string of the molecule is Cc1ccc(C(=O)Nc2ccc(Nc3ccc4c(c3)OCCO4)nn2)cc1. The largest absolute Gasteiger partial charge is 0.486 e. The van der Waals surface area contributed by atoms with Crippen LogP contribution in [0, 0.1) is 6.92 Å². The lowest BCUT2D eigenvalue weighted by Gasteiger charge is -2.19. The quantitative estimate of drug-likeness (QED) is 0.738. The summed E-state index contributed by atoms with van der Waals surface area (Å²) in [5.41, 5.74) is 2.48. The minimum atomic E-state index is -0.225. The topological polar surface area (TPSA) is 85.4 Å². The molecule has 4 rings (SSSR count). The molecule has 0 saturated carbocycles. The highest BCUT2D eigenvalue weighted by molar-refractivity contribution is 6.03. The summed E-state index contributed by atoms with van der Waals surface area (Å²) >= 11 is 0. The van der Waals surface area contributed by atoms with Crippen molar-refractivity contribution in [3.8, 4) is 11.5 Å². The van der Waals surface area contributed by atoms with Crippen LogP contribution in [0.1, 0.15) is 15.9 Å².